The molecule has 1 saturated carbocycles. The number of hydrogen-bond donors (Lipinski definition) is 1. The molecule has 3 atom stereocenters. The van der Waals surface area contributed by atoms with E-state index < -0.39 is 0 Å². The summed E-state index contributed by atoms with van der Waals surface area (Å²) >= 11 is 0. The van der Waals surface area contributed by atoms with Crippen LogP contribution in [0.2, 0.25) is 0 Å². The Morgan fingerprint density at radius 3 is 2.65 bits per heavy atom. The molecule has 0 aromatic rings. The van der Waals surface area contributed by atoms with Gasteiger partial charge < -0.3 is 5.73 Å². The van der Waals surface area contributed by atoms with E-state index >= 15 is 0 Å². The predicted octanol–water partition coefficient (Wildman–Crippen LogP) is 3.40. The van der Waals surface area contributed by atoms with Crippen molar-refractivity contribution in [2.45, 2.75) is 77.3 Å². The molecule has 3 unspecified atom stereocenters. The normalized spacial score (nSPS) is 31.8. The van der Waals surface area contributed by atoms with Crippen LogP contribution in [0.4, 0.5) is 0 Å². The SMILES string of the molecule is CCCC(C)N(C)C1(CN)CCCC(CC)C1. The lowest BCUT2D eigenvalue weighted by atomic mass is 9.73. The Morgan fingerprint density at radius 1 is 1.41 bits per heavy atom. The van der Waals surface area contributed by atoms with Crippen LogP contribution in [0, 0.1) is 5.92 Å². The Morgan fingerprint density at radius 2 is 2.12 bits per heavy atom. The summed E-state index contributed by atoms with van der Waals surface area (Å²) in [5, 5.41) is 0. The van der Waals surface area contributed by atoms with E-state index in [9.17, 15) is 0 Å². The maximum absolute atomic E-state index is 6.15. The Hall–Kier alpha value is -0.0800. The molecule has 17 heavy (non-hydrogen) atoms. The van der Waals surface area contributed by atoms with Crippen molar-refractivity contribution in [3.8, 4) is 0 Å². The van der Waals surface area contributed by atoms with Gasteiger partial charge in [0.15, 0.2) is 0 Å². The van der Waals surface area contributed by atoms with Crippen molar-refractivity contribution < 1.29 is 0 Å². The fraction of sp³-hybridized carbons (Fsp3) is 1.00. The van der Waals surface area contributed by atoms with Crippen molar-refractivity contribution in [2.75, 3.05) is 13.6 Å². The molecule has 2 N–H and O–H groups in total. The van der Waals surface area contributed by atoms with Crippen LogP contribution < -0.4 is 5.73 Å². The first kappa shape index (κ1) is 15.0. The monoisotopic (exact) mass is 240 g/mol. The van der Waals surface area contributed by atoms with E-state index in [0.717, 1.165) is 12.5 Å². The number of nitrogens with zero attached hydrogens (tertiary/aromatic N) is 1. The minimum Gasteiger partial charge on any atom is -0.329 e. The van der Waals surface area contributed by atoms with Crippen LogP contribution in [0.25, 0.3) is 0 Å². The van der Waals surface area contributed by atoms with Gasteiger partial charge in [0.2, 0.25) is 0 Å². The molecule has 0 aromatic heterocycles. The van der Waals surface area contributed by atoms with Crippen molar-refractivity contribution in [1.29, 1.82) is 0 Å². The van der Waals surface area contributed by atoms with Gasteiger partial charge >= 0.3 is 0 Å². The number of nitrogens with two attached hydrogens (primary N) is 1. The lowest BCUT2D eigenvalue weighted by molar-refractivity contribution is 0.0257. The van der Waals surface area contributed by atoms with Gasteiger partial charge in [0.05, 0.1) is 0 Å². The predicted molar refractivity (Wildman–Crippen MR) is 76.2 cm³/mol. The Kier molecular flexibility index (Phi) is 5.94. The minimum absolute atomic E-state index is 0.285. The topological polar surface area (TPSA) is 29.3 Å². The molecule has 102 valence electrons. The molecule has 1 aliphatic carbocycles. The molecule has 2 heteroatoms. The summed E-state index contributed by atoms with van der Waals surface area (Å²) in [6.45, 7) is 7.78. The quantitative estimate of drug-likeness (QED) is 0.771. The molecule has 0 aromatic carbocycles. The first-order chi connectivity index (χ1) is 8.09. The van der Waals surface area contributed by atoms with E-state index in [0.29, 0.717) is 6.04 Å². The Bertz CT molecular complexity index is 217. The molecule has 1 aliphatic rings. The van der Waals surface area contributed by atoms with Crippen LogP contribution in [0.1, 0.15) is 65.7 Å². The second-order valence-corrected chi connectivity index (χ2v) is 6.05. The molecule has 0 radical (unpaired) electrons. The zero-order chi connectivity index (χ0) is 12.9. The lowest BCUT2D eigenvalue weighted by Gasteiger charge is -2.49. The van der Waals surface area contributed by atoms with Crippen LogP contribution >= 0.6 is 0 Å². The standard InChI is InChI=1S/C15H32N2/c1-5-8-13(3)17(4)15(12-16)10-7-9-14(6-2)11-15/h13-14H,5-12,16H2,1-4H3. The molecular weight excluding hydrogens is 208 g/mol. The molecule has 0 aliphatic heterocycles. The summed E-state index contributed by atoms with van der Waals surface area (Å²) in [6, 6.07) is 0.666. The van der Waals surface area contributed by atoms with Gasteiger partial charge in [-0.1, -0.05) is 39.5 Å². The molecule has 0 saturated heterocycles. The van der Waals surface area contributed by atoms with Gasteiger partial charge in [-0.3, -0.25) is 4.90 Å². The highest BCUT2D eigenvalue weighted by Crippen LogP contribution is 2.38. The number of likely N-dealkylation sites (N-methyl/N-ethyl adjacent to an activating group) is 1. The second-order valence-electron chi connectivity index (χ2n) is 6.05. The molecule has 0 spiro atoms. The Balaban J connectivity index is 2.72. The summed E-state index contributed by atoms with van der Waals surface area (Å²) in [7, 11) is 2.30. The van der Waals surface area contributed by atoms with Gasteiger partial charge in [-0.15, -0.1) is 0 Å². The van der Waals surface area contributed by atoms with E-state index in [4.69, 9.17) is 5.73 Å². The number of rotatable bonds is 6. The molecule has 0 heterocycles. The van der Waals surface area contributed by atoms with Crippen molar-refractivity contribution in [3.63, 3.8) is 0 Å². The molecule has 0 amide bonds. The highest BCUT2D eigenvalue weighted by atomic mass is 15.2. The first-order valence-corrected chi connectivity index (χ1v) is 7.52. The van der Waals surface area contributed by atoms with Crippen molar-refractivity contribution in [2.24, 2.45) is 11.7 Å². The average molecular weight is 240 g/mol. The highest BCUT2D eigenvalue weighted by molar-refractivity contribution is 4.96. The summed E-state index contributed by atoms with van der Waals surface area (Å²) in [5.41, 5.74) is 6.43. The van der Waals surface area contributed by atoms with Gasteiger partial charge in [0, 0.05) is 18.1 Å². The highest BCUT2D eigenvalue weighted by Gasteiger charge is 2.39. The summed E-state index contributed by atoms with van der Waals surface area (Å²) in [6.07, 6.45) is 9.25. The van der Waals surface area contributed by atoms with Crippen LogP contribution in [0.15, 0.2) is 0 Å². The minimum atomic E-state index is 0.285. The molecule has 2 nitrogen and oxygen atoms in total. The first-order valence-electron chi connectivity index (χ1n) is 7.52. The molecule has 1 fully saturated rings. The maximum Gasteiger partial charge on any atom is 0.0334 e. The third-order valence-corrected chi connectivity index (χ3v) is 5.00. The van der Waals surface area contributed by atoms with Gasteiger partial charge in [0.25, 0.3) is 0 Å². The second kappa shape index (κ2) is 6.75. The van der Waals surface area contributed by atoms with Crippen molar-refractivity contribution in [1.82, 2.24) is 4.90 Å². The smallest absolute Gasteiger partial charge is 0.0334 e. The van der Waals surface area contributed by atoms with Gasteiger partial charge in [0.1, 0.15) is 0 Å². The van der Waals surface area contributed by atoms with Crippen LogP contribution in [-0.2, 0) is 0 Å². The van der Waals surface area contributed by atoms with E-state index in [2.05, 4.69) is 32.7 Å². The van der Waals surface area contributed by atoms with Gasteiger partial charge in [-0.05, 0) is 39.2 Å². The maximum atomic E-state index is 6.15. The average Bonchev–Trinajstić information content (AvgIpc) is 2.38. The lowest BCUT2D eigenvalue weighted by Crippen LogP contribution is -2.57. The van der Waals surface area contributed by atoms with Crippen molar-refractivity contribution >= 4 is 0 Å². The largest absolute Gasteiger partial charge is 0.329 e. The van der Waals surface area contributed by atoms with Crippen LogP contribution in [-0.4, -0.2) is 30.1 Å². The molecule has 0 bridgehead atoms. The molecule has 1 rings (SSSR count). The fourth-order valence-electron chi connectivity index (χ4n) is 3.54. The Labute approximate surface area is 108 Å². The van der Waals surface area contributed by atoms with Gasteiger partial charge in [-0.2, -0.15) is 0 Å². The van der Waals surface area contributed by atoms with Crippen molar-refractivity contribution in [3.05, 3.63) is 0 Å². The van der Waals surface area contributed by atoms with Crippen LogP contribution in [0.3, 0.4) is 0 Å². The summed E-state index contributed by atoms with van der Waals surface area (Å²) < 4.78 is 0. The summed E-state index contributed by atoms with van der Waals surface area (Å²) in [4.78, 5) is 2.60. The van der Waals surface area contributed by atoms with E-state index in [1.54, 1.807) is 0 Å². The van der Waals surface area contributed by atoms with Gasteiger partial charge in [-0.25, -0.2) is 0 Å². The third-order valence-electron chi connectivity index (χ3n) is 5.00. The third kappa shape index (κ3) is 3.45. The van der Waals surface area contributed by atoms with Crippen LogP contribution in [0.5, 0.6) is 0 Å². The number of hydrogen-bond acceptors (Lipinski definition) is 2. The van der Waals surface area contributed by atoms with E-state index in [1.165, 1.54) is 44.9 Å². The zero-order valence-electron chi connectivity index (χ0n) is 12.3. The zero-order valence-corrected chi connectivity index (χ0v) is 12.3. The van der Waals surface area contributed by atoms with E-state index in [-0.39, 0.29) is 5.54 Å². The molecular formula is C15H32N2. The van der Waals surface area contributed by atoms with E-state index in [1.807, 2.05) is 0 Å². The summed E-state index contributed by atoms with van der Waals surface area (Å²) in [5.74, 6) is 0.892. The fourth-order valence-corrected chi connectivity index (χ4v) is 3.54.